The summed E-state index contributed by atoms with van der Waals surface area (Å²) in [5.41, 5.74) is 1.13. The van der Waals surface area contributed by atoms with Gasteiger partial charge in [0, 0.05) is 36.9 Å². The lowest BCUT2D eigenvalue weighted by molar-refractivity contribution is -0.139. The zero-order valence-electron chi connectivity index (χ0n) is 22.0. The monoisotopic (exact) mass is 537 g/mol. The van der Waals surface area contributed by atoms with Crippen LogP contribution in [0.15, 0.2) is 55.8 Å². The van der Waals surface area contributed by atoms with Crippen molar-refractivity contribution in [2.24, 2.45) is 4.99 Å². The summed E-state index contributed by atoms with van der Waals surface area (Å²) in [4.78, 5) is 34.3. The fourth-order valence-corrected chi connectivity index (χ4v) is 5.99. The molecule has 0 unspecified atom stereocenters. The highest BCUT2D eigenvalue weighted by Gasteiger charge is 2.35. The minimum Gasteiger partial charge on any atom is -0.497 e. The number of aromatic nitrogens is 1. The first-order chi connectivity index (χ1) is 18.4. The highest BCUT2D eigenvalue weighted by molar-refractivity contribution is 7.07. The number of carbonyl (C=O) groups is 1. The standard InChI is InChI=1S/C28H31N3O6S/c1-5-36-27(33)24-17(2)29-28-31(25(24)20-11-9-18(34-3)15-21(20)35-4)26(32)22(38-28)16-19-10-12-23(37-19)30-13-7-6-8-14-30/h9-12,15-16,25H,5-8,13-14H2,1-4H3/b22-16-/t25-/m0/s1. The van der Waals surface area contributed by atoms with Crippen molar-refractivity contribution in [1.82, 2.24) is 4.57 Å². The first-order valence-electron chi connectivity index (χ1n) is 12.7. The summed E-state index contributed by atoms with van der Waals surface area (Å²) in [6.07, 6.45) is 5.26. The fourth-order valence-electron chi connectivity index (χ4n) is 4.96. The summed E-state index contributed by atoms with van der Waals surface area (Å²) in [7, 11) is 3.11. The molecule has 0 N–H and O–H groups in total. The van der Waals surface area contributed by atoms with Crippen molar-refractivity contribution in [2.75, 3.05) is 38.8 Å². The normalized spacial score (nSPS) is 17.7. The summed E-state index contributed by atoms with van der Waals surface area (Å²) >= 11 is 1.25. The average molecular weight is 538 g/mol. The molecule has 2 aliphatic rings. The van der Waals surface area contributed by atoms with Crippen molar-refractivity contribution in [3.63, 3.8) is 0 Å². The molecule has 1 saturated heterocycles. The number of thiazole rings is 1. The Hall–Kier alpha value is -3.79. The third-order valence-electron chi connectivity index (χ3n) is 6.81. The van der Waals surface area contributed by atoms with Crippen LogP contribution in [0.4, 0.5) is 5.88 Å². The topological polar surface area (TPSA) is 95.5 Å². The summed E-state index contributed by atoms with van der Waals surface area (Å²) in [5, 5.41) is 0. The zero-order valence-corrected chi connectivity index (χ0v) is 22.8. The van der Waals surface area contributed by atoms with Gasteiger partial charge in [-0.15, -0.1) is 0 Å². The molecule has 9 nitrogen and oxygen atoms in total. The predicted molar refractivity (Wildman–Crippen MR) is 145 cm³/mol. The molecular formula is C28H31N3O6S. The predicted octanol–water partition coefficient (Wildman–Crippen LogP) is 3.40. The van der Waals surface area contributed by atoms with Crippen LogP contribution in [0.25, 0.3) is 6.08 Å². The van der Waals surface area contributed by atoms with Gasteiger partial charge in [-0.3, -0.25) is 9.36 Å². The van der Waals surface area contributed by atoms with E-state index in [0.717, 1.165) is 31.8 Å². The zero-order chi connectivity index (χ0) is 26.8. The lowest BCUT2D eigenvalue weighted by Gasteiger charge is -2.26. The van der Waals surface area contributed by atoms with Gasteiger partial charge in [0.1, 0.15) is 23.3 Å². The van der Waals surface area contributed by atoms with Gasteiger partial charge in [0.05, 0.1) is 36.6 Å². The molecule has 4 heterocycles. The van der Waals surface area contributed by atoms with Gasteiger partial charge in [-0.2, -0.15) is 0 Å². The van der Waals surface area contributed by atoms with E-state index in [2.05, 4.69) is 9.89 Å². The molecule has 1 fully saturated rings. The molecule has 1 atom stereocenters. The number of carbonyl (C=O) groups excluding carboxylic acids is 1. The smallest absolute Gasteiger partial charge is 0.338 e. The Morgan fingerprint density at radius 1 is 1.16 bits per heavy atom. The molecule has 10 heteroatoms. The molecule has 5 rings (SSSR count). The second-order valence-corrected chi connectivity index (χ2v) is 10.1. The number of furan rings is 1. The largest absolute Gasteiger partial charge is 0.497 e. The second kappa shape index (κ2) is 10.9. The third-order valence-corrected chi connectivity index (χ3v) is 7.79. The van der Waals surface area contributed by atoms with E-state index in [9.17, 15) is 9.59 Å². The Bertz CT molecular complexity index is 1560. The summed E-state index contributed by atoms with van der Waals surface area (Å²) < 4.78 is 24.5. The van der Waals surface area contributed by atoms with Gasteiger partial charge in [-0.05, 0) is 51.3 Å². The van der Waals surface area contributed by atoms with Gasteiger partial charge in [0.25, 0.3) is 5.56 Å². The van der Waals surface area contributed by atoms with Gasteiger partial charge >= 0.3 is 5.97 Å². The number of anilines is 1. The molecule has 2 aliphatic heterocycles. The van der Waals surface area contributed by atoms with E-state index in [4.69, 9.17) is 18.6 Å². The van der Waals surface area contributed by atoms with Crippen LogP contribution >= 0.6 is 11.3 Å². The molecule has 0 bridgehead atoms. The number of esters is 1. The molecule has 0 amide bonds. The second-order valence-electron chi connectivity index (χ2n) is 9.13. The number of allylic oxidation sites excluding steroid dienone is 1. The van der Waals surface area contributed by atoms with E-state index < -0.39 is 12.0 Å². The maximum atomic E-state index is 13.9. The quantitative estimate of drug-likeness (QED) is 0.427. The van der Waals surface area contributed by atoms with Crippen LogP contribution in [0.5, 0.6) is 11.5 Å². The van der Waals surface area contributed by atoms with Crippen molar-refractivity contribution in [1.29, 1.82) is 0 Å². The maximum absolute atomic E-state index is 13.9. The van der Waals surface area contributed by atoms with Crippen LogP contribution in [-0.2, 0) is 9.53 Å². The minimum absolute atomic E-state index is 0.199. The molecule has 1 aromatic carbocycles. The highest BCUT2D eigenvalue weighted by atomic mass is 32.1. The van der Waals surface area contributed by atoms with E-state index >= 15 is 0 Å². The summed E-state index contributed by atoms with van der Waals surface area (Å²) in [5.74, 6) is 1.96. The molecule has 38 heavy (non-hydrogen) atoms. The fraction of sp³-hybridized carbons (Fsp3) is 0.393. The van der Waals surface area contributed by atoms with E-state index in [0.29, 0.717) is 43.4 Å². The van der Waals surface area contributed by atoms with E-state index in [-0.39, 0.29) is 12.2 Å². The number of nitrogens with zero attached hydrogens (tertiary/aromatic N) is 3. The van der Waals surface area contributed by atoms with Crippen molar-refractivity contribution in [2.45, 2.75) is 39.2 Å². The molecule has 3 aromatic rings. The molecular weight excluding hydrogens is 506 g/mol. The van der Waals surface area contributed by atoms with Crippen molar-refractivity contribution in [3.05, 3.63) is 72.6 Å². The molecule has 0 aliphatic carbocycles. The van der Waals surface area contributed by atoms with Gasteiger partial charge in [-0.25, -0.2) is 9.79 Å². The number of benzene rings is 1. The number of fused-ring (bicyclic) bond motifs is 1. The van der Waals surface area contributed by atoms with Crippen LogP contribution in [0.1, 0.15) is 50.5 Å². The van der Waals surface area contributed by atoms with Gasteiger partial charge in [0.15, 0.2) is 10.7 Å². The number of ether oxygens (including phenoxy) is 3. The van der Waals surface area contributed by atoms with Crippen molar-refractivity contribution >= 4 is 29.3 Å². The maximum Gasteiger partial charge on any atom is 0.338 e. The van der Waals surface area contributed by atoms with Gasteiger partial charge in [-0.1, -0.05) is 11.3 Å². The van der Waals surface area contributed by atoms with E-state index in [1.165, 1.54) is 22.3 Å². The Kier molecular flexibility index (Phi) is 7.42. The molecule has 2 aromatic heterocycles. The van der Waals surface area contributed by atoms with Crippen molar-refractivity contribution < 1.29 is 23.4 Å². The number of rotatable bonds is 7. The lowest BCUT2D eigenvalue weighted by atomic mass is 9.95. The van der Waals surface area contributed by atoms with Gasteiger partial charge in [0.2, 0.25) is 0 Å². The Morgan fingerprint density at radius 3 is 2.66 bits per heavy atom. The van der Waals surface area contributed by atoms with Gasteiger partial charge < -0.3 is 23.5 Å². The number of hydrogen-bond acceptors (Lipinski definition) is 9. The highest BCUT2D eigenvalue weighted by Crippen LogP contribution is 2.37. The Balaban J connectivity index is 1.64. The molecule has 200 valence electrons. The Morgan fingerprint density at radius 2 is 1.95 bits per heavy atom. The summed E-state index contributed by atoms with van der Waals surface area (Å²) in [6.45, 7) is 5.63. The Labute approximate surface area is 224 Å². The molecule has 0 radical (unpaired) electrons. The first kappa shape index (κ1) is 25.8. The lowest BCUT2D eigenvalue weighted by Crippen LogP contribution is -2.40. The number of piperidine rings is 1. The number of hydrogen-bond donors (Lipinski definition) is 0. The van der Waals surface area contributed by atoms with Crippen molar-refractivity contribution in [3.8, 4) is 11.5 Å². The summed E-state index contributed by atoms with van der Waals surface area (Å²) in [6, 6.07) is 8.35. The van der Waals surface area contributed by atoms with Crippen LogP contribution in [0.3, 0.4) is 0 Å². The molecule has 0 saturated carbocycles. The molecule has 0 spiro atoms. The van der Waals surface area contributed by atoms with E-state index in [1.807, 2.05) is 12.1 Å². The van der Waals surface area contributed by atoms with Crippen LogP contribution in [-0.4, -0.2) is 44.5 Å². The van der Waals surface area contributed by atoms with E-state index in [1.54, 1.807) is 52.3 Å². The third kappa shape index (κ3) is 4.76. The first-order valence-corrected chi connectivity index (χ1v) is 13.5. The van der Waals surface area contributed by atoms with Crippen LogP contribution in [0, 0.1) is 0 Å². The minimum atomic E-state index is -0.784. The van der Waals surface area contributed by atoms with Crippen LogP contribution in [0.2, 0.25) is 0 Å². The number of methoxy groups -OCH3 is 2. The average Bonchev–Trinajstić information content (AvgIpc) is 3.52. The van der Waals surface area contributed by atoms with Crippen LogP contribution < -0.4 is 29.3 Å². The SMILES string of the molecule is CCOC(=O)C1=C(C)N=c2s/c(=C\c3ccc(N4CCCCC4)o3)c(=O)n2[C@H]1c1ccc(OC)cc1OC.